The van der Waals surface area contributed by atoms with E-state index >= 15 is 0 Å². The van der Waals surface area contributed by atoms with Crippen LogP contribution in [-0.2, 0) is 16.4 Å². The van der Waals surface area contributed by atoms with Crippen LogP contribution < -0.4 is 0 Å². The van der Waals surface area contributed by atoms with Gasteiger partial charge in [0.05, 0.1) is 6.26 Å². The number of hydrogen-bond donors (Lipinski definition) is 0. The molecule has 2 aromatic rings. The third-order valence-corrected chi connectivity index (χ3v) is 5.35. The van der Waals surface area contributed by atoms with E-state index in [4.69, 9.17) is 4.52 Å². The van der Waals surface area contributed by atoms with Gasteiger partial charge in [-0.2, -0.15) is 4.98 Å². The molecule has 23 heavy (non-hydrogen) atoms. The van der Waals surface area contributed by atoms with Gasteiger partial charge in [0.1, 0.15) is 5.69 Å². The minimum Gasteiger partial charge on any atom is -0.332 e. The molecule has 0 N–H and O–H groups in total. The molecule has 1 saturated heterocycles. The first-order valence-electron chi connectivity index (χ1n) is 7.71. The average Bonchev–Trinajstić information content (AvgIpc) is 3.02. The molecule has 0 bridgehead atoms. The van der Waals surface area contributed by atoms with Gasteiger partial charge in [0.25, 0.3) is 5.89 Å². The monoisotopic (exact) mass is 336 g/mol. The molecular formula is C15H20N4O3S. The van der Waals surface area contributed by atoms with Crippen molar-refractivity contribution < 1.29 is 12.9 Å². The molecule has 0 radical (unpaired) electrons. The van der Waals surface area contributed by atoms with E-state index < -0.39 is 10.0 Å². The fourth-order valence-electron chi connectivity index (χ4n) is 2.85. The molecule has 7 nitrogen and oxygen atoms in total. The molecule has 0 spiro atoms. The summed E-state index contributed by atoms with van der Waals surface area (Å²) >= 11 is 0. The molecule has 124 valence electrons. The molecule has 2 aromatic heterocycles. The van der Waals surface area contributed by atoms with E-state index in [0.29, 0.717) is 42.8 Å². The van der Waals surface area contributed by atoms with Crippen LogP contribution in [0.1, 0.15) is 25.1 Å². The first-order chi connectivity index (χ1) is 11.0. The number of nitrogens with zero attached hydrogens (tertiary/aromatic N) is 4. The van der Waals surface area contributed by atoms with Crippen molar-refractivity contribution in [3.05, 3.63) is 30.2 Å². The van der Waals surface area contributed by atoms with Crippen LogP contribution in [0, 0.1) is 5.92 Å². The molecule has 0 saturated carbocycles. The molecule has 3 heterocycles. The van der Waals surface area contributed by atoms with Crippen LogP contribution in [0.15, 0.2) is 28.9 Å². The summed E-state index contributed by atoms with van der Waals surface area (Å²) in [5, 5.41) is 3.99. The van der Waals surface area contributed by atoms with E-state index in [1.54, 1.807) is 10.5 Å². The summed E-state index contributed by atoms with van der Waals surface area (Å²) in [6.07, 6.45) is 6.43. The van der Waals surface area contributed by atoms with E-state index in [9.17, 15) is 8.42 Å². The number of aryl methyl sites for hydroxylation is 1. The van der Waals surface area contributed by atoms with Crippen molar-refractivity contribution in [3.8, 4) is 11.6 Å². The third-order valence-electron chi connectivity index (χ3n) is 4.08. The van der Waals surface area contributed by atoms with E-state index in [1.807, 2.05) is 18.2 Å². The molecule has 0 amide bonds. The number of hydrogen-bond acceptors (Lipinski definition) is 6. The van der Waals surface area contributed by atoms with Gasteiger partial charge in [0.2, 0.25) is 10.0 Å². The number of rotatable bonds is 5. The number of pyridine rings is 1. The summed E-state index contributed by atoms with van der Waals surface area (Å²) in [5.41, 5.74) is 0.659. The summed E-state index contributed by atoms with van der Waals surface area (Å²) in [7, 11) is -3.10. The Balaban J connectivity index is 1.58. The fraction of sp³-hybridized carbons (Fsp3) is 0.533. The number of aromatic nitrogens is 3. The van der Waals surface area contributed by atoms with Crippen molar-refractivity contribution in [2.75, 3.05) is 19.3 Å². The van der Waals surface area contributed by atoms with Crippen molar-refractivity contribution >= 4 is 10.0 Å². The zero-order valence-electron chi connectivity index (χ0n) is 13.1. The zero-order valence-corrected chi connectivity index (χ0v) is 13.9. The molecular weight excluding hydrogens is 316 g/mol. The van der Waals surface area contributed by atoms with Gasteiger partial charge in [-0.3, -0.25) is 4.98 Å². The van der Waals surface area contributed by atoms with Gasteiger partial charge < -0.3 is 4.52 Å². The van der Waals surface area contributed by atoms with Crippen LogP contribution in [0.3, 0.4) is 0 Å². The van der Waals surface area contributed by atoms with Gasteiger partial charge in [-0.05, 0) is 37.3 Å². The second-order valence-corrected chi connectivity index (χ2v) is 7.88. The third kappa shape index (κ3) is 4.14. The molecule has 1 aliphatic heterocycles. The summed E-state index contributed by atoms with van der Waals surface area (Å²) in [5.74, 6) is 1.40. The maximum atomic E-state index is 11.6. The molecule has 8 heteroatoms. The Labute approximate surface area is 135 Å². The highest BCUT2D eigenvalue weighted by atomic mass is 32.2. The van der Waals surface area contributed by atoms with Crippen LogP contribution in [-0.4, -0.2) is 47.2 Å². The highest BCUT2D eigenvalue weighted by Crippen LogP contribution is 2.23. The molecule has 0 aromatic carbocycles. The van der Waals surface area contributed by atoms with Crippen molar-refractivity contribution in [2.24, 2.45) is 5.92 Å². The van der Waals surface area contributed by atoms with Crippen LogP contribution in [0.25, 0.3) is 11.6 Å². The number of sulfonamides is 1. The van der Waals surface area contributed by atoms with Gasteiger partial charge in [-0.15, -0.1) is 0 Å². The average molecular weight is 336 g/mol. The Bertz CT molecular complexity index is 745. The van der Waals surface area contributed by atoms with Gasteiger partial charge in [0.15, 0.2) is 5.82 Å². The molecule has 3 rings (SSSR count). The molecule has 1 unspecified atom stereocenters. The van der Waals surface area contributed by atoms with Crippen LogP contribution in [0.4, 0.5) is 0 Å². The Hall–Kier alpha value is -1.80. The quantitative estimate of drug-likeness (QED) is 0.826. The topological polar surface area (TPSA) is 89.2 Å². The lowest BCUT2D eigenvalue weighted by molar-refractivity contribution is 0.256. The van der Waals surface area contributed by atoms with Gasteiger partial charge in [-0.25, -0.2) is 12.7 Å². The summed E-state index contributed by atoms with van der Waals surface area (Å²) < 4.78 is 30.1. The second-order valence-electron chi connectivity index (χ2n) is 5.90. The zero-order chi connectivity index (χ0) is 16.3. The largest absolute Gasteiger partial charge is 0.332 e. The van der Waals surface area contributed by atoms with E-state index in [0.717, 1.165) is 19.3 Å². The maximum Gasteiger partial charge on any atom is 0.276 e. The maximum absolute atomic E-state index is 11.6. The lowest BCUT2D eigenvalue weighted by Crippen LogP contribution is -2.39. The van der Waals surface area contributed by atoms with Crippen molar-refractivity contribution in [3.63, 3.8) is 0 Å². The summed E-state index contributed by atoms with van der Waals surface area (Å²) in [6, 6.07) is 5.52. The lowest BCUT2D eigenvalue weighted by Gasteiger charge is -2.30. The van der Waals surface area contributed by atoms with E-state index in [2.05, 4.69) is 15.1 Å². The summed E-state index contributed by atoms with van der Waals surface area (Å²) in [6.45, 7) is 1.21. The smallest absolute Gasteiger partial charge is 0.276 e. The van der Waals surface area contributed by atoms with Crippen LogP contribution in [0.2, 0.25) is 0 Å². The predicted octanol–water partition coefficient (Wildman–Crippen LogP) is 1.74. The van der Waals surface area contributed by atoms with E-state index in [-0.39, 0.29) is 0 Å². The highest BCUT2D eigenvalue weighted by molar-refractivity contribution is 7.88. The van der Waals surface area contributed by atoms with E-state index in [1.165, 1.54) is 6.26 Å². The Morgan fingerprint density at radius 1 is 1.39 bits per heavy atom. The molecule has 1 aliphatic rings. The lowest BCUT2D eigenvalue weighted by atomic mass is 9.94. The minimum atomic E-state index is -3.10. The van der Waals surface area contributed by atoms with Crippen LogP contribution in [0.5, 0.6) is 0 Å². The molecule has 1 atom stereocenters. The minimum absolute atomic E-state index is 0.343. The Morgan fingerprint density at radius 3 is 3.00 bits per heavy atom. The Kier molecular flexibility index (Phi) is 4.72. The van der Waals surface area contributed by atoms with Gasteiger partial charge >= 0.3 is 0 Å². The molecule has 1 fully saturated rings. The summed E-state index contributed by atoms with van der Waals surface area (Å²) in [4.78, 5) is 8.54. The predicted molar refractivity (Wildman–Crippen MR) is 85.0 cm³/mol. The number of piperidine rings is 1. The standard InChI is InChI=1S/C15H20N4O3S/c1-23(20,21)19-10-4-5-12(11-19)7-8-14-17-15(22-18-14)13-6-2-3-9-16-13/h2-3,6,9,12H,4-5,7-8,10-11H2,1H3. The van der Waals surface area contributed by atoms with Crippen LogP contribution >= 0.6 is 0 Å². The highest BCUT2D eigenvalue weighted by Gasteiger charge is 2.26. The Morgan fingerprint density at radius 2 is 2.26 bits per heavy atom. The van der Waals surface area contributed by atoms with Gasteiger partial charge in [-0.1, -0.05) is 11.2 Å². The first kappa shape index (κ1) is 16.1. The van der Waals surface area contributed by atoms with Crippen molar-refractivity contribution in [2.45, 2.75) is 25.7 Å². The second kappa shape index (κ2) is 6.76. The SMILES string of the molecule is CS(=O)(=O)N1CCCC(CCc2noc(-c3ccccn3)n2)C1. The fourth-order valence-corrected chi connectivity index (χ4v) is 3.79. The molecule has 0 aliphatic carbocycles. The normalized spacial score (nSPS) is 19.8. The first-order valence-corrected chi connectivity index (χ1v) is 9.56. The van der Waals surface area contributed by atoms with Crippen molar-refractivity contribution in [1.29, 1.82) is 0 Å². The van der Waals surface area contributed by atoms with Gasteiger partial charge in [0, 0.05) is 25.7 Å². The van der Waals surface area contributed by atoms with Crippen molar-refractivity contribution in [1.82, 2.24) is 19.4 Å².